The third-order valence-electron chi connectivity index (χ3n) is 3.41. The monoisotopic (exact) mass is 254 g/mol. The Morgan fingerprint density at radius 3 is 2.65 bits per heavy atom. The molecule has 3 heteroatoms. The number of piperazine rings is 1. The quantitative estimate of drug-likeness (QED) is 0.893. The van der Waals surface area contributed by atoms with Crippen LogP contribution in [-0.4, -0.2) is 30.6 Å². The van der Waals surface area contributed by atoms with Gasteiger partial charge in [-0.1, -0.05) is 37.3 Å². The largest absolute Gasteiger partial charge is 0.312 e. The summed E-state index contributed by atoms with van der Waals surface area (Å²) in [5, 5.41) is 3.50. The van der Waals surface area contributed by atoms with E-state index in [9.17, 15) is 0 Å². The zero-order chi connectivity index (χ0) is 11.4. The van der Waals surface area contributed by atoms with E-state index in [1.54, 1.807) is 0 Å². The maximum absolute atomic E-state index is 3.50. The summed E-state index contributed by atoms with van der Waals surface area (Å²) in [6.07, 6.45) is 1.19. The lowest BCUT2D eigenvalue weighted by molar-refractivity contribution is 0.145. The fourth-order valence-corrected chi connectivity index (χ4v) is 2.63. The van der Waals surface area contributed by atoms with Gasteiger partial charge in [0, 0.05) is 31.7 Å². The Labute approximate surface area is 111 Å². The SMILES string of the molecule is CCC(c1ccccc1)N1CCNC(C)C1.Cl. The molecule has 0 radical (unpaired) electrons. The number of hydrogen-bond donors (Lipinski definition) is 1. The van der Waals surface area contributed by atoms with Crippen molar-refractivity contribution in [1.82, 2.24) is 10.2 Å². The van der Waals surface area contributed by atoms with Gasteiger partial charge in [0.2, 0.25) is 0 Å². The second kappa shape index (κ2) is 7.00. The Hall–Kier alpha value is -0.570. The molecule has 17 heavy (non-hydrogen) atoms. The van der Waals surface area contributed by atoms with E-state index in [0.29, 0.717) is 12.1 Å². The Morgan fingerprint density at radius 1 is 1.35 bits per heavy atom. The predicted octanol–water partition coefficient (Wildman–Crippen LogP) is 2.85. The highest BCUT2D eigenvalue weighted by molar-refractivity contribution is 5.85. The molecule has 2 nitrogen and oxygen atoms in total. The van der Waals surface area contributed by atoms with Gasteiger partial charge in [0.25, 0.3) is 0 Å². The third-order valence-corrected chi connectivity index (χ3v) is 3.41. The molecule has 0 spiro atoms. The predicted molar refractivity (Wildman–Crippen MR) is 75.8 cm³/mol. The van der Waals surface area contributed by atoms with Gasteiger partial charge in [-0.15, -0.1) is 12.4 Å². The fourth-order valence-electron chi connectivity index (χ4n) is 2.63. The molecule has 2 atom stereocenters. The Morgan fingerprint density at radius 2 is 2.06 bits per heavy atom. The van der Waals surface area contributed by atoms with Crippen LogP contribution in [0.15, 0.2) is 30.3 Å². The molecule has 0 aliphatic carbocycles. The first-order valence-electron chi connectivity index (χ1n) is 6.33. The van der Waals surface area contributed by atoms with Crippen molar-refractivity contribution < 1.29 is 0 Å². The topological polar surface area (TPSA) is 15.3 Å². The van der Waals surface area contributed by atoms with Gasteiger partial charge in [-0.05, 0) is 18.9 Å². The van der Waals surface area contributed by atoms with Crippen LogP contribution in [-0.2, 0) is 0 Å². The van der Waals surface area contributed by atoms with Crippen molar-refractivity contribution in [1.29, 1.82) is 0 Å². The van der Waals surface area contributed by atoms with Gasteiger partial charge in [0.1, 0.15) is 0 Å². The van der Waals surface area contributed by atoms with E-state index in [0.717, 1.165) is 19.6 Å². The average molecular weight is 255 g/mol. The smallest absolute Gasteiger partial charge is 0.0346 e. The van der Waals surface area contributed by atoms with Crippen LogP contribution in [0.2, 0.25) is 0 Å². The van der Waals surface area contributed by atoms with Crippen LogP contribution < -0.4 is 5.32 Å². The summed E-state index contributed by atoms with van der Waals surface area (Å²) in [5.74, 6) is 0. The van der Waals surface area contributed by atoms with E-state index in [2.05, 4.69) is 54.4 Å². The van der Waals surface area contributed by atoms with E-state index in [1.165, 1.54) is 12.0 Å². The van der Waals surface area contributed by atoms with Crippen molar-refractivity contribution in [3.8, 4) is 0 Å². The van der Waals surface area contributed by atoms with E-state index in [4.69, 9.17) is 0 Å². The van der Waals surface area contributed by atoms with Gasteiger partial charge >= 0.3 is 0 Å². The molecule has 1 N–H and O–H groups in total. The highest BCUT2D eigenvalue weighted by atomic mass is 35.5. The molecule has 0 amide bonds. The second-order valence-corrected chi connectivity index (χ2v) is 4.68. The van der Waals surface area contributed by atoms with Crippen molar-refractivity contribution in [3.63, 3.8) is 0 Å². The molecule has 0 saturated carbocycles. The number of nitrogens with zero attached hydrogens (tertiary/aromatic N) is 1. The molecule has 1 saturated heterocycles. The summed E-state index contributed by atoms with van der Waals surface area (Å²) in [6.45, 7) is 7.99. The van der Waals surface area contributed by atoms with Gasteiger partial charge in [-0.2, -0.15) is 0 Å². The highest BCUT2D eigenvalue weighted by Gasteiger charge is 2.23. The molecule has 0 bridgehead atoms. The molecule has 2 rings (SSSR count). The van der Waals surface area contributed by atoms with Gasteiger partial charge in [0.15, 0.2) is 0 Å². The Balaban J connectivity index is 0.00000144. The summed E-state index contributed by atoms with van der Waals surface area (Å²) in [4.78, 5) is 2.61. The second-order valence-electron chi connectivity index (χ2n) is 4.68. The minimum Gasteiger partial charge on any atom is -0.312 e. The zero-order valence-electron chi connectivity index (χ0n) is 10.7. The summed E-state index contributed by atoms with van der Waals surface area (Å²) >= 11 is 0. The molecular weight excluding hydrogens is 232 g/mol. The van der Waals surface area contributed by atoms with Crippen LogP contribution in [0.5, 0.6) is 0 Å². The van der Waals surface area contributed by atoms with Crippen LogP contribution in [0.25, 0.3) is 0 Å². The van der Waals surface area contributed by atoms with E-state index < -0.39 is 0 Å². The Kier molecular flexibility index (Phi) is 5.96. The summed E-state index contributed by atoms with van der Waals surface area (Å²) < 4.78 is 0. The molecule has 1 aromatic rings. The van der Waals surface area contributed by atoms with E-state index in [1.807, 2.05) is 0 Å². The minimum atomic E-state index is 0. The molecule has 1 aliphatic rings. The number of nitrogens with one attached hydrogen (secondary N) is 1. The van der Waals surface area contributed by atoms with Crippen molar-refractivity contribution in [3.05, 3.63) is 35.9 Å². The molecule has 0 aromatic heterocycles. The summed E-state index contributed by atoms with van der Waals surface area (Å²) in [7, 11) is 0. The van der Waals surface area contributed by atoms with Crippen molar-refractivity contribution in [2.24, 2.45) is 0 Å². The molecule has 1 fully saturated rings. The maximum atomic E-state index is 3.50. The lowest BCUT2D eigenvalue weighted by Gasteiger charge is -2.37. The first-order valence-corrected chi connectivity index (χ1v) is 6.33. The number of benzene rings is 1. The standard InChI is InChI=1S/C14H22N2.ClH/c1-3-14(13-7-5-4-6-8-13)16-10-9-15-12(2)11-16;/h4-8,12,14-15H,3,9-11H2,1-2H3;1H. The van der Waals surface area contributed by atoms with Crippen LogP contribution in [0.4, 0.5) is 0 Å². The first-order chi connectivity index (χ1) is 7.81. The molecule has 1 heterocycles. The lowest BCUT2D eigenvalue weighted by Crippen LogP contribution is -2.50. The third kappa shape index (κ3) is 3.70. The zero-order valence-corrected chi connectivity index (χ0v) is 11.5. The lowest BCUT2D eigenvalue weighted by atomic mass is 10.0. The molecule has 96 valence electrons. The normalized spacial score (nSPS) is 22.8. The van der Waals surface area contributed by atoms with Crippen molar-refractivity contribution >= 4 is 12.4 Å². The van der Waals surface area contributed by atoms with Gasteiger partial charge in [-0.3, -0.25) is 4.90 Å². The Bertz CT molecular complexity index is 315. The van der Waals surface area contributed by atoms with E-state index in [-0.39, 0.29) is 12.4 Å². The van der Waals surface area contributed by atoms with Crippen molar-refractivity contribution in [2.45, 2.75) is 32.4 Å². The van der Waals surface area contributed by atoms with Crippen LogP contribution in [0.1, 0.15) is 31.9 Å². The molecule has 1 aromatic carbocycles. The van der Waals surface area contributed by atoms with Crippen LogP contribution in [0.3, 0.4) is 0 Å². The highest BCUT2D eigenvalue weighted by Crippen LogP contribution is 2.24. The summed E-state index contributed by atoms with van der Waals surface area (Å²) in [6, 6.07) is 12.1. The fraction of sp³-hybridized carbons (Fsp3) is 0.571. The molecule has 1 aliphatic heterocycles. The minimum absolute atomic E-state index is 0. The van der Waals surface area contributed by atoms with Crippen LogP contribution in [0, 0.1) is 0 Å². The van der Waals surface area contributed by atoms with E-state index >= 15 is 0 Å². The van der Waals surface area contributed by atoms with Gasteiger partial charge < -0.3 is 5.32 Å². The molecular formula is C14H23ClN2. The van der Waals surface area contributed by atoms with Crippen molar-refractivity contribution in [2.75, 3.05) is 19.6 Å². The number of hydrogen-bond acceptors (Lipinski definition) is 2. The van der Waals surface area contributed by atoms with Gasteiger partial charge in [-0.25, -0.2) is 0 Å². The number of halogens is 1. The van der Waals surface area contributed by atoms with Crippen LogP contribution >= 0.6 is 12.4 Å². The average Bonchev–Trinajstić information content (AvgIpc) is 2.31. The maximum Gasteiger partial charge on any atom is 0.0346 e. The van der Waals surface area contributed by atoms with Gasteiger partial charge in [0.05, 0.1) is 0 Å². The molecule has 2 unspecified atom stereocenters. The first kappa shape index (κ1) is 14.5. The summed E-state index contributed by atoms with van der Waals surface area (Å²) in [5.41, 5.74) is 1.46. The number of rotatable bonds is 3.